The van der Waals surface area contributed by atoms with E-state index in [0.29, 0.717) is 5.57 Å². The molecule has 1 saturated heterocycles. The van der Waals surface area contributed by atoms with Gasteiger partial charge in [0.05, 0.1) is 12.1 Å². The quantitative estimate of drug-likeness (QED) is 0.189. The molecule has 1 heterocycles. The molecule has 2 rings (SSSR count). The van der Waals surface area contributed by atoms with E-state index < -0.39 is 8.32 Å². The zero-order valence-corrected chi connectivity index (χ0v) is 19.8. The summed E-state index contributed by atoms with van der Waals surface area (Å²) < 4.78 is 6.87. The van der Waals surface area contributed by atoms with E-state index in [2.05, 4.69) is 47.4 Å². The highest BCUT2D eigenvalue weighted by Crippen LogP contribution is 2.42. The van der Waals surface area contributed by atoms with E-state index >= 15 is 0 Å². The predicted molar refractivity (Wildman–Crippen MR) is 122 cm³/mol. The summed E-state index contributed by atoms with van der Waals surface area (Å²) in [5.41, 5.74) is 1.64. The summed E-state index contributed by atoms with van der Waals surface area (Å²) >= 11 is 0. The van der Waals surface area contributed by atoms with Crippen LogP contribution in [0.5, 0.6) is 0 Å². The molecule has 0 bridgehead atoms. The highest BCUT2D eigenvalue weighted by Gasteiger charge is 2.49. The Morgan fingerprint density at radius 1 is 1.11 bits per heavy atom. The first-order valence-corrected chi connectivity index (χ1v) is 13.8. The first kappa shape index (κ1) is 22.9. The normalized spacial score (nSPS) is 18.9. The summed E-state index contributed by atoms with van der Waals surface area (Å²) in [5.74, 6) is 0.0333. The van der Waals surface area contributed by atoms with Gasteiger partial charge in [-0.1, -0.05) is 84.6 Å². The number of nitrogens with zero attached hydrogens (tertiary/aromatic N) is 1. The van der Waals surface area contributed by atoms with Crippen LogP contribution in [0.25, 0.3) is 0 Å². The van der Waals surface area contributed by atoms with Gasteiger partial charge in [-0.2, -0.15) is 0 Å². The summed E-state index contributed by atoms with van der Waals surface area (Å²) in [6, 6.07) is 9.90. The lowest BCUT2D eigenvalue weighted by Crippen LogP contribution is -2.63. The number of hydrogen-bond donors (Lipinski definition) is 0. The van der Waals surface area contributed by atoms with Gasteiger partial charge in [0.15, 0.2) is 8.32 Å². The maximum absolute atomic E-state index is 12.6. The second-order valence-corrected chi connectivity index (χ2v) is 14.4. The number of carbonyl (C=O) groups is 1. The van der Waals surface area contributed by atoms with Gasteiger partial charge in [-0.15, -0.1) is 0 Å². The van der Waals surface area contributed by atoms with E-state index in [1.54, 1.807) is 0 Å². The van der Waals surface area contributed by atoms with Crippen molar-refractivity contribution in [2.24, 2.45) is 0 Å². The molecule has 0 saturated carbocycles. The van der Waals surface area contributed by atoms with Crippen LogP contribution in [0.1, 0.15) is 66.2 Å². The molecule has 156 valence electrons. The first-order chi connectivity index (χ1) is 13.1. The SMILES string of the molecule is C=C1C(=O)N(c2ccccc2)[C@@H]1[C@@H](CCCCCCC)O[Si](C)(C)C(C)(C)C. The standard InChI is InChI=1S/C24H39NO2Si/c1-8-9-10-11-15-18-21(27-28(6,7)24(3,4)5)22-19(2)23(26)25(22)20-16-13-12-14-17-20/h12-14,16-17,21-22H,2,8-11,15,18H2,1,3-7H3/t21-,22+/m1/s1. The van der Waals surface area contributed by atoms with Gasteiger partial charge in [0.25, 0.3) is 5.91 Å². The van der Waals surface area contributed by atoms with E-state index in [0.717, 1.165) is 18.5 Å². The number of anilines is 1. The molecule has 4 heteroatoms. The topological polar surface area (TPSA) is 29.5 Å². The van der Waals surface area contributed by atoms with Crippen molar-refractivity contribution in [1.29, 1.82) is 0 Å². The van der Waals surface area contributed by atoms with Crippen LogP contribution in [0.3, 0.4) is 0 Å². The molecule has 1 aromatic rings. The van der Waals surface area contributed by atoms with E-state index in [-0.39, 0.29) is 23.1 Å². The molecule has 1 aromatic carbocycles. The lowest BCUT2D eigenvalue weighted by atomic mass is 9.87. The van der Waals surface area contributed by atoms with Gasteiger partial charge in [-0.3, -0.25) is 9.69 Å². The first-order valence-electron chi connectivity index (χ1n) is 10.9. The third-order valence-electron chi connectivity index (χ3n) is 6.36. The van der Waals surface area contributed by atoms with Gasteiger partial charge in [0, 0.05) is 11.3 Å². The predicted octanol–water partition coefficient (Wildman–Crippen LogP) is 6.71. The number of unbranched alkanes of at least 4 members (excludes halogenated alkanes) is 4. The van der Waals surface area contributed by atoms with E-state index in [4.69, 9.17) is 4.43 Å². The summed E-state index contributed by atoms with van der Waals surface area (Å²) in [6.45, 7) is 17.8. The lowest BCUT2D eigenvalue weighted by molar-refractivity contribution is -0.120. The average Bonchev–Trinajstić information content (AvgIpc) is 2.64. The van der Waals surface area contributed by atoms with Gasteiger partial charge in [-0.25, -0.2) is 0 Å². The van der Waals surface area contributed by atoms with Crippen LogP contribution in [0, 0.1) is 0 Å². The van der Waals surface area contributed by atoms with Crippen LogP contribution in [-0.2, 0) is 9.22 Å². The van der Waals surface area contributed by atoms with E-state index in [9.17, 15) is 4.79 Å². The highest BCUT2D eigenvalue weighted by atomic mass is 28.4. The molecule has 0 radical (unpaired) electrons. The second-order valence-electron chi connectivity index (χ2n) is 9.60. The third kappa shape index (κ3) is 5.15. The Kier molecular flexibility index (Phi) is 7.69. The van der Waals surface area contributed by atoms with Crippen molar-refractivity contribution in [1.82, 2.24) is 0 Å². The Morgan fingerprint density at radius 2 is 1.71 bits per heavy atom. The monoisotopic (exact) mass is 401 g/mol. The summed E-state index contributed by atoms with van der Waals surface area (Å²) in [7, 11) is -1.95. The van der Waals surface area contributed by atoms with Crippen molar-refractivity contribution in [2.75, 3.05) is 4.90 Å². The Hall–Kier alpha value is -1.39. The molecule has 1 fully saturated rings. The van der Waals surface area contributed by atoms with Gasteiger partial charge < -0.3 is 4.43 Å². The zero-order chi connectivity index (χ0) is 20.9. The Labute approximate surface area is 173 Å². The smallest absolute Gasteiger partial charge is 0.256 e. The fourth-order valence-electron chi connectivity index (χ4n) is 3.54. The Bertz CT molecular complexity index is 663. The minimum Gasteiger partial charge on any atom is -0.411 e. The van der Waals surface area contributed by atoms with Crippen LogP contribution in [-0.4, -0.2) is 26.4 Å². The zero-order valence-electron chi connectivity index (χ0n) is 18.8. The van der Waals surface area contributed by atoms with Crippen molar-refractivity contribution in [3.05, 3.63) is 42.5 Å². The van der Waals surface area contributed by atoms with E-state index in [1.807, 2.05) is 35.2 Å². The number of rotatable bonds is 10. The molecule has 2 atom stereocenters. The molecule has 0 unspecified atom stereocenters. The van der Waals surface area contributed by atoms with Crippen LogP contribution in [0.2, 0.25) is 18.1 Å². The summed E-state index contributed by atoms with van der Waals surface area (Å²) in [4.78, 5) is 14.5. The minimum absolute atomic E-state index is 0.0212. The summed E-state index contributed by atoms with van der Waals surface area (Å²) in [6.07, 6.45) is 7.18. The van der Waals surface area contributed by atoms with Crippen molar-refractivity contribution in [3.8, 4) is 0 Å². The molecule has 0 spiro atoms. The second kappa shape index (κ2) is 9.40. The fraction of sp³-hybridized carbons (Fsp3) is 0.625. The number of carbonyl (C=O) groups excluding carboxylic acids is 1. The van der Waals surface area contributed by atoms with Gasteiger partial charge in [-0.05, 0) is 36.7 Å². The molecular formula is C24H39NO2Si. The van der Waals surface area contributed by atoms with Crippen molar-refractivity contribution >= 4 is 19.9 Å². The molecule has 3 nitrogen and oxygen atoms in total. The van der Waals surface area contributed by atoms with Gasteiger partial charge >= 0.3 is 0 Å². The lowest BCUT2D eigenvalue weighted by Gasteiger charge is -2.49. The third-order valence-corrected chi connectivity index (χ3v) is 10.9. The van der Waals surface area contributed by atoms with Gasteiger partial charge in [0.1, 0.15) is 0 Å². The average molecular weight is 402 g/mol. The molecular weight excluding hydrogens is 362 g/mol. The number of β-lactam (4-membered cyclic amide) rings is 1. The molecule has 28 heavy (non-hydrogen) atoms. The number of para-hydroxylation sites is 1. The van der Waals surface area contributed by atoms with Gasteiger partial charge in [0.2, 0.25) is 0 Å². The minimum atomic E-state index is -1.95. The molecule has 1 aliphatic heterocycles. The van der Waals surface area contributed by atoms with Crippen LogP contribution in [0.15, 0.2) is 42.5 Å². The van der Waals surface area contributed by atoms with Crippen molar-refractivity contribution in [3.63, 3.8) is 0 Å². The molecule has 0 N–H and O–H groups in total. The van der Waals surface area contributed by atoms with Crippen LogP contribution < -0.4 is 4.90 Å². The molecule has 0 aromatic heterocycles. The van der Waals surface area contributed by atoms with Crippen molar-refractivity contribution < 1.29 is 9.22 Å². The van der Waals surface area contributed by atoms with Crippen LogP contribution >= 0.6 is 0 Å². The fourth-order valence-corrected chi connectivity index (χ4v) is 4.90. The largest absolute Gasteiger partial charge is 0.411 e. The number of benzene rings is 1. The van der Waals surface area contributed by atoms with Crippen LogP contribution in [0.4, 0.5) is 5.69 Å². The van der Waals surface area contributed by atoms with E-state index in [1.165, 1.54) is 25.7 Å². The molecule has 1 amide bonds. The summed E-state index contributed by atoms with van der Waals surface area (Å²) in [5, 5.41) is 0.139. The Balaban J connectivity index is 2.21. The van der Waals surface area contributed by atoms with Crippen molar-refractivity contribution in [2.45, 2.75) is 96.5 Å². The number of hydrogen-bond acceptors (Lipinski definition) is 2. The maximum Gasteiger partial charge on any atom is 0.256 e. The molecule has 0 aliphatic carbocycles. The molecule has 1 aliphatic rings. The highest BCUT2D eigenvalue weighted by molar-refractivity contribution is 6.74. The Morgan fingerprint density at radius 3 is 2.29 bits per heavy atom. The number of amides is 1. The maximum atomic E-state index is 12.6.